The van der Waals surface area contributed by atoms with E-state index < -0.39 is 0 Å². The van der Waals surface area contributed by atoms with Crippen molar-refractivity contribution in [2.24, 2.45) is 0 Å². The van der Waals surface area contributed by atoms with Gasteiger partial charge in [-0.25, -0.2) is 0 Å². The van der Waals surface area contributed by atoms with Gasteiger partial charge in [-0.2, -0.15) is 13.6 Å². The summed E-state index contributed by atoms with van der Waals surface area (Å²) < 4.78 is 0. The third kappa shape index (κ3) is 17.2. The predicted octanol–water partition coefficient (Wildman–Crippen LogP) is 0.627. The fourth-order valence-corrected chi connectivity index (χ4v) is 0. The van der Waals surface area contributed by atoms with Crippen LogP contribution in [-0.4, -0.2) is 39.8 Å². The Kier molecular flexibility index (Phi) is 41.4. The molecule has 0 fully saturated rings. The first-order valence-electron chi connectivity index (χ1n) is 1.47. The Hall–Kier alpha value is 1.73. The van der Waals surface area contributed by atoms with Crippen LogP contribution in [0, 0.1) is 0 Å². The molecule has 0 bridgehead atoms. The average molecular weight is 358 g/mol. The van der Waals surface area contributed by atoms with Crippen molar-refractivity contribution in [3.63, 3.8) is 0 Å². The molecule has 0 unspecified atom stereocenters. The topological polar surface area (TPSA) is 14.1 Å². The van der Waals surface area contributed by atoms with Crippen molar-refractivity contribution in [1.29, 1.82) is 0 Å². The average Bonchev–Trinajstić information content (AvgIpc) is 1.37. The molecule has 35 valence electrons. The molecular formula is C3H8BiNZr-. The van der Waals surface area contributed by atoms with Gasteiger partial charge in [-0.15, -0.1) is 0 Å². The summed E-state index contributed by atoms with van der Waals surface area (Å²) in [6, 6.07) is 0. The van der Waals surface area contributed by atoms with E-state index >= 15 is 0 Å². The Morgan fingerprint density at radius 2 is 1.67 bits per heavy atom. The van der Waals surface area contributed by atoms with Crippen LogP contribution in [0.25, 0.3) is 5.32 Å². The number of hydrogen-bond acceptors (Lipinski definition) is 0. The summed E-state index contributed by atoms with van der Waals surface area (Å²) in [6.45, 7) is 2.96. The molecular weight excluding hydrogens is 350 g/mol. The molecule has 0 aliphatic rings. The van der Waals surface area contributed by atoms with Gasteiger partial charge >= 0.3 is 0 Å². The first kappa shape index (κ1) is 15.6. The largest absolute Gasteiger partial charge is 0.665 e. The summed E-state index contributed by atoms with van der Waals surface area (Å²) in [5.74, 6) is 0. The smallest absolute Gasteiger partial charge is 0 e. The molecule has 0 N–H and O–H groups in total. The van der Waals surface area contributed by atoms with Crippen LogP contribution in [-0.2, 0) is 26.2 Å². The number of hydrogen-bond donors (Lipinski definition) is 0. The van der Waals surface area contributed by atoms with Crippen LogP contribution in [0.1, 0.15) is 6.92 Å². The normalized spacial score (nSPS) is 5.00. The van der Waals surface area contributed by atoms with Crippen LogP contribution in [0.2, 0.25) is 0 Å². The van der Waals surface area contributed by atoms with Crippen molar-refractivity contribution < 1.29 is 26.2 Å². The van der Waals surface area contributed by atoms with Gasteiger partial charge in [0.1, 0.15) is 0 Å². The summed E-state index contributed by atoms with van der Waals surface area (Å²) >= 11 is 0. The van der Waals surface area contributed by atoms with Gasteiger partial charge in [-0.1, -0.05) is 6.92 Å². The quantitative estimate of drug-likeness (QED) is 0.611. The van der Waals surface area contributed by atoms with Crippen molar-refractivity contribution >= 4 is 26.2 Å². The van der Waals surface area contributed by atoms with Gasteiger partial charge in [0.15, 0.2) is 0 Å². The number of rotatable bonds is 1. The second-order valence-electron chi connectivity index (χ2n) is 0.632. The van der Waals surface area contributed by atoms with E-state index in [2.05, 4.69) is 5.32 Å². The molecule has 0 amide bonds. The molecule has 0 aromatic carbocycles. The van der Waals surface area contributed by atoms with E-state index in [0.717, 1.165) is 6.54 Å². The maximum Gasteiger partial charge on any atom is 0 e. The van der Waals surface area contributed by atoms with Crippen molar-refractivity contribution in [2.45, 2.75) is 6.92 Å². The first-order chi connectivity index (χ1) is 1.91. The standard InChI is InChI=1S/C3H8N.Bi.Zr/c1-3-4-2;;/h3H2,1-2H3;;/q-1;;. The Balaban J connectivity index is -0.0000000450. The molecule has 0 aromatic heterocycles. The Labute approximate surface area is 77.5 Å². The van der Waals surface area contributed by atoms with E-state index in [4.69, 9.17) is 0 Å². The van der Waals surface area contributed by atoms with E-state index in [1.54, 1.807) is 7.05 Å². The van der Waals surface area contributed by atoms with Gasteiger partial charge in [-0.05, 0) is 0 Å². The van der Waals surface area contributed by atoms with Crippen molar-refractivity contribution in [3.8, 4) is 0 Å². The van der Waals surface area contributed by atoms with Crippen LogP contribution in [0.5, 0.6) is 0 Å². The molecule has 0 saturated heterocycles. The minimum atomic E-state index is 0. The van der Waals surface area contributed by atoms with Gasteiger partial charge in [0.05, 0.1) is 0 Å². The summed E-state index contributed by atoms with van der Waals surface area (Å²) in [6.07, 6.45) is 0. The van der Waals surface area contributed by atoms with Crippen LogP contribution < -0.4 is 0 Å². The second kappa shape index (κ2) is 15.9. The summed E-state index contributed by atoms with van der Waals surface area (Å²) in [7, 11) is 1.81. The molecule has 0 aromatic rings. The van der Waals surface area contributed by atoms with Gasteiger partial charge in [0.25, 0.3) is 0 Å². The molecule has 3 radical (unpaired) electrons. The van der Waals surface area contributed by atoms with Crippen LogP contribution in [0.15, 0.2) is 0 Å². The summed E-state index contributed by atoms with van der Waals surface area (Å²) in [5.41, 5.74) is 0. The van der Waals surface area contributed by atoms with E-state index in [0.29, 0.717) is 0 Å². The maximum absolute atomic E-state index is 3.74. The third-order valence-electron chi connectivity index (χ3n) is 0.316. The van der Waals surface area contributed by atoms with Crippen LogP contribution >= 0.6 is 0 Å². The van der Waals surface area contributed by atoms with Gasteiger partial charge < -0.3 is 5.32 Å². The van der Waals surface area contributed by atoms with Crippen LogP contribution in [0.4, 0.5) is 0 Å². The van der Waals surface area contributed by atoms with E-state index in [1.165, 1.54) is 0 Å². The Morgan fingerprint density at radius 1 is 1.50 bits per heavy atom. The fourth-order valence-electron chi connectivity index (χ4n) is 0. The molecule has 0 aliphatic carbocycles. The Bertz CT molecular complexity index is 12.8. The zero-order chi connectivity index (χ0) is 3.41. The third-order valence-corrected chi connectivity index (χ3v) is 0.316. The molecule has 0 atom stereocenters. The predicted molar refractivity (Wildman–Crippen MR) is 25.6 cm³/mol. The monoisotopic (exact) mass is 357 g/mol. The van der Waals surface area contributed by atoms with E-state index in [1.807, 2.05) is 6.92 Å². The summed E-state index contributed by atoms with van der Waals surface area (Å²) in [5, 5.41) is 3.74. The molecule has 0 aliphatic heterocycles. The SMILES string of the molecule is CC[N-]C.[Bi].[Zr]. The van der Waals surface area contributed by atoms with Crippen molar-refractivity contribution in [3.05, 3.63) is 5.32 Å². The molecule has 0 spiro atoms. The van der Waals surface area contributed by atoms with Gasteiger partial charge in [-0.3, -0.25) is 0 Å². The molecule has 0 rings (SSSR count). The fraction of sp³-hybridized carbons (Fsp3) is 1.00. The van der Waals surface area contributed by atoms with Gasteiger partial charge in [0.2, 0.25) is 0 Å². The van der Waals surface area contributed by atoms with E-state index in [9.17, 15) is 0 Å². The minimum Gasteiger partial charge on any atom is -0.665 e. The van der Waals surface area contributed by atoms with Crippen molar-refractivity contribution in [1.82, 2.24) is 0 Å². The second-order valence-corrected chi connectivity index (χ2v) is 0.632. The van der Waals surface area contributed by atoms with Crippen molar-refractivity contribution in [2.75, 3.05) is 13.6 Å². The maximum atomic E-state index is 3.74. The van der Waals surface area contributed by atoms with Crippen LogP contribution in [0.3, 0.4) is 0 Å². The molecule has 1 nitrogen and oxygen atoms in total. The first-order valence-corrected chi connectivity index (χ1v) is 1.47. The number of nitrogens with zero attached hydrogens (tertiary/aromatic N) is 1. The molecule has 0 saturated carbocycles. The zero-order valence-electron chi connectivity index (χ0n) is 4.10. The Morgan fingerprint density at radius 3 is 1.67 bits per heavy atom. The zero-order valence-corrected chi connectivity index (χ0v) is 10.0. The van der Waals surface area contributed by atoms with E-state index in [-0.39, 0.29) is 52.4 Å². The minimum absolute atomic E-state index is 0. The summed E-state index contributed by atoms with van der Waals surface area (Å²) in [4.78, 5) is 0. The van der Waals surface area contributed by atoms with Gasteiger partial charge in [0, 0.05) is 52.4 Å². The molecule has 3 heteroatoms. The molecule has 0 heterocycles. The molecule has 6 heavy (non-hydrogen) atoms.